The van der Waals surface area contributed by atoms with Crippen molar-refractivity contribution in [1.82, 2.24) is 10.3 Å². The SMILES string of the molecule is CCOc1ccc(N(C(=O)Cc2c[nH]c3ccccc23)[C@H](C(=O)NC2CCCCC2)c2cc(OC)c(OC)c(OC)c2)cc1. The molecule has 9 nitrogen and oxygen atoms in total. The summed E-state index contributed by atoms with van der Waals surface area (Å²) >= 11 is 0. The minimum absolute atomic E-state index is 0.0340. The van der Waals surface area contributed by atoms with E-state index >= 15 is 0 Å². The molecule has 4 aromatic rings. The number of rotatable bonds is 12. The quantitative estimate of drug-likeness (QED) is 0.197. The van der Waals surface area contributed by atoms with Gasteiger partial charge in [-0.25, -0.2) is 0 Å². The number of nitrogens with zero attached hydrogens (tertiary/aromatic N) is 1. The number of ether oxygens (including phenoxy) is 4. The number of aromatic nitrogens is 1. The van der Waals surface area contributed by atoms with Gasteiger partial charge in [-0.2, -0.15) is 0 Å². The molecule has 0 aliphatic heterocycles. The van der Waals surface area contributed by atoms with E-state index in [9.17, 15) is 9.59 Å². The molecule has 0 spiro atoms. The highest BCUT2D eigenvalue weighted by atomic mass is 16.5. The van der Waals surface area contributed by atoms with E-state index in [1.54, 1.807) is 17.0 Å². The Hall–Kier alpha value is -4.66. The first-order valence-corrected chi connectivity index (χ1v) is 15.2. The summed E-state index contributed by atoms with van der Waals surface area (Å²) in [6.45, 7) is 2.43. The van der Waals surface area contributed by atoms with Gasteiger partial charge in [0.15, 0.2) is 11.5 Å². The maximum atomic E-state index is 14.5. The molecule has 1 heterocycles. The van der Waals surface area contributed by atoms with Crippen LogP contribution in [0.5, 0.6) is 23.0 Å². The number of para-hydroxylation sites is 1. The average molecular weight is 600 g/mol. The number of anilines is 1. The maximum Gasteiger partial charge on any atom is 0.248 e. The fourth-order valence-electron chi connectivity index (χ4n) is 6.04. The third kappa shape index (κ3) is 6.61. The van der Waals surface area contributed by atoms with Crippen molar-refractivity contribution in [3.63, 3.8) is 0 Å². The Morgan fingerprint density at radius 1 is 0.932 bits per heavy atom. The molecular weight excluding hydrogens is 558 g/mol. The first kappa shape index (κ1) is 30.8. The summed E-state index contributed by atoms with van der Waals surface area (Å²) in [5.41, 5.74) is 2.89. The summed E-state index contributed by atoms with van der Waals surface area (Å²) < 4.78 is 22.6. The fraction of sp³-hybridized carbons (Fsp3) is 0.371. The summed E-state index contributed by atoms with van der Waals surface area (Å²) in [6, 6.07) is 17.6. The van der Waals surface area contributed by atoms with E-state index in [0.29, 0.717) is 40.9 Å². The molecule has 1 aliphatic rings. The number of hydrogen-bond acceptors (Lipinski definition) is 6. The van der Waals surface area contributed by atoms with Gasteiger partial charge in [-0.15, -0.1) is 0 Å². The van der Waals surface area contributed by atoms with Gasteiger partial charge < -0.3 is 29.2 Å². The number of amides is 2. The number of nitrogens with one attached hydrogen (secondary N) is 2. The van der Waals surface area contributed by atoms with Crippen LogP contribution in [0.1, 0.15) is 56.2 Å². The Balaban J connectivity index is 1.64. The Kier molecular flexibility index (Phi) is 9.94. The van der Waals surface area contributed by atoms with Crippen molar-refractivity contribution in [3.05, 3.63) is 78.0 Å². The standard InChI is InChI=1S/C35H41N3O6/c1-5-44-27-17-15-26(16-18-27)38(32(39)21-24-22-36-29-14-10-9-13-28(24)29)33(35(40)37-25-11-7-6-8-12-25)23-19-30(41-2)34(43-4)31(20-23)42-3/h9-10,13-20,22,25,33,36H,5-8,11-12,21H2,1-4H3,(H,37,40)/t33-/m0/s1. The lowest BCUT2D eigenvalue weighted by atomic mass is 9.94. The molecule has 1 saturated carbocycles. The summed E-state index contributed by atoms with van der Waals surface area (Å²) in [4.78, 5) is 33.8. The molecule has 9 heteroatoms. The molecule has 2 N–H and O–H groups in total. The molecule has 1 fully saturated rings. The molecule has 232 valence electrons. The van der Waals surface area contributed by atoms with Gasteiger partial charge in [0.05, 0.1) is 34.4 Å². The second kappa shape index (κ2) is 14.2. The van der Waals surface area contributed by atoms with Crippen molar-refractivity contribution in [2.24, 2.45) is 0 Å². The second-order valence-electron chi connectivity index (χ2n) is 10.9. The summed E-state index contributed by atoms with van der Waals surface area (Å²) in [5, 5.41) is 4.23. The van der Waals surface area contributed by atoms with Crippen LogP contribution in [0.15, 0.2) is 66.9 Å². The number of hydrogen-bond donors (Lipinski definition) is 2. The van der Waals surface area contributed by atoms with Crippen LogP contribution >= 0.6 is 0 Å². The van der Waals surface area contributed by atoms with E-state index in [1.807, 2.05) is 61.7 Å². The lowest BCUT2D eigenvalue weighted by molar-refractivity contribution is -0.127. The zero-order chi connectivity index (χ0) is 31.1. The van der Waals surface area contributed by atoms with Gasteiger partial charge in [-0.1, -0.05) is 37.5 Å². The van der Waals surface area contributed by atoms with Crippen molar-refractivity contribution in [1.29, 1.82) is 0 Å². The molecule has 1 aromatic heterocycles. The Bertz CT molecular complexity index is 1550. The van der Waals surface area contributed by atoms with Crippen LogP contribution in [0.25, 0.3) is 10.9 Å². The normalized spacial score (nSPS) is 14.1. The molecule has 44 heavy (non-hydrogen) atoms. The molecule has 2 amide bonds. The Morgan fingerprint density at radius 2 is 1.61 bits per heavy atom. The minimum atomic E-state index is -1.03. The Morgan fingerprint density at radius 3 is 2.25 bits per heavy atom. The highest BCUT2D eigenvalue weighted by molar-refractivity contribution is 6.03. The fourth-order valence-corrected chi connectivity index (χ4v) is 6.04. The number of benzene rings is 3. The van der Waals surface area contributed by atoms with Gasteiger partial charge in [-0.3, -0.25) is 14.5 Å². The lowest BCUT2D eigenvalue weighted by Gasteiger charge is -2.34. The predicted molar refractivity (Wildman–Crippen MR) is 171 cm³/mol. The lowest BCUT2D eigenvalue weighted by Crippen LogP contribution is -2.47. The molecule has 1 atom stereocenters. The van der Waals surface area contributed by atoms with Crippen LogP contribution in [0, 0.1) is 0 Å². The zero-order valence-electron chi connectivity index (χ0n) is 25.9. The zero-order valence-corrected chi connectivity index (χ0v) is 25.9. The van der Waals surface area contributed by atoms with E-state index in [2.05, 4.69) is 10.3 Å². The molecule has 1 aliphatic carbocycles. The van der Waals surface area contributed by atoms with Gasteiger partial charge in [0, 0.05) is 28.8 Å². The smallest absolute Gasteiger partial charge is 0.248 e. The van der Waals surface area contributed by atoms with Crippen molar-refractivity contribution >= 4 is 28.4 Å². The van der Waals surface area contributed by atoms with Crippen LogP contribution in [0.2, 0.25) is 0 Å². The van der Waals surface area contributed by atoms with E-state index < -0.39 is 6.04 Å². The third-order valence-corrected chi connectivity index (χ3v) is 8.17. The highest BCUT2D eigenvalue weighted by Gasteiger charge is 2.36. The van der Waals surface area contributed by atoms with Gasteiger partial charge in [-0.05, 0) is 73.4 Å². The van der Waals surface area contributed by atoms with Crippen LogP contribution in [0.4, 0.5) is 5.69 Å². The molecule has 0 unspecified atom stereocenters. The molecule has 0 saturated heterocycles. The predicted octanol–water partition coefficient (Wildman–Crippen LogP) is 6.36. The van der Waals surface area contributed by atoms with Gasteiger partial charge in [0.1, 0.15) is 11.8 Å². The topological polar surface area (TPSA) is 102 Å². The first-order chi connectivity index (χ1) is 21.5. The van der Waals surface area contributed by atoms with Crippen molar-refractivity contribution in [2.75, 3.05) is 32.8 Å². The maximum absolute atomic E-state index is 14.5. The number of H-pyrrole nitrogens is 1. The van der Waals surface area contributed by atoms with E-state index in [-0.39, 0.29) is 24.3 Å². The Labute approximate surface area is 258 Å². The van der Waals surface area contributed by atoms with Gasteiger partial charge in [0.25, 0.3) is 0 Å². The van der Waals surface area contributed by atoms with Gasteiger partial charge in [0.2, 0.25) is 17.6 Å². The number of carbonyl (C=O) groups excluding carboxylic acids is 2. The highest BCUT2D eigenvalue weighted by Crippen LogP contribution is 2.42. The number of carbonyl (C=O) groups is 2. The molecule has 0 radical (unpaired) electrons. The average Bonchev–Trinajstić information content (AvgIpc) is 3.46. The number of fused-ring (bicyclic) bond motifs is 1. The van der Waals surface area contributed by atoms with Gasteiger partial charge >= 0.3 is 0 Å². The van der Waals surface area contributed by atoms with Crippen molar-refractivity contribution in [2.45, 2.75) is 57.5 Å². The molecule has 3 aromatic carbocycles. The monoisotopic (exact) mass is 599 g/mol. The van der Waals surface area contributed by atoms with Crippen LogP contribution in [-0.4, -0.2) is 50.8 Å². The molecule has 0 bridgehead atoms. The van der Waals surface area contributed by atoms with Crippen LogP contribution < -0.4 is 29.2 Å². The first-order valence-electron chi connectivity index (χ1n) is 15.2. The van der Waals surface area contributed by atoms with E-state index in [0.717, 1.165) is 48.6 Å². The van der Waals surface area contributed by atoms with Crippen molar-refractivity contribution < 1.29 is 28.5 Å². The van der Waals surface area contributed by atoms with Crippen molar-refractivity contribution in [3.8, 4) is 23.0 Å². The summed E-state index contributed by atoms with van der Waals surface area (Å²) in [6.07, 6.45) is 7.01. The van der Waals surface area contributed by atoms with Crippen LogP contribution in [-0.2, 0) is 16.0 Å². The summed E-state index contributed by atoms with van der Waals surface area (Å²) in [5.74, 6) is 1.36. The minimum Gasteiger partial charge on any atom is -0.494 e. The largest absolute Gasteiger partial charge is 0.494 e. The second-order valence-corrected chi connectivity index (χ2v) is 10.9. The molecule has 5 rings (SSSR count). The van der Waals surface area contributed by atoms with E-state index in [4.69, 9.17) is 18.9 Å². The van der Waals surface area contributed by atoms with Crippen LogP contribution in [0.3, 0.4) is 0 Å². The number of methoxy groups -OCH3 is 3. The number of aromatic amines is 1. The molecular formula is C35H41N3O6. The summed E-state index contributed by atoms with van der Waals surface area (Å²) in [7, 11) is 4.60. The van der Waals surface area contributed by atoms with E-state index in [1.165, 1.54) is 21.3 Å². The third-order valence-electron chi connectivity index (χ3n) is 8.17.